The average Bonchev–Trinajstić information content (AvgIpc) is 3.18. The molecule has 0 aliphatic heterocycles. The van der Waals surface area contributed by atoms with E-state index in [1.54, 1.807) is 7.11 Å². The molecule has 1 fully saturated rings. The molecule has 0 bridgehead atoms. The summed E-state index contributed by atoms with van der Waals surface area (Å²) in [6.45, 7) is 3.54. The molecule has 19 heavy (non-hydrogen) atoms. The normalized spacial score (nSPS) is 15.2. The number of imidazole rings is 1. The van der Waals surface area contributed by atoms with Gasteiger partial charge in [0.05, 0.1) is 24.2 Å². The van der Waals surface area contributed by atoms with Crippen molar-refractivity contribution in [3.63, 3.8) is 0 Å². The number of ether oxygens (including phenoxy) is 1. The fourth-order valence-corrected chi connectivity index (χ4v) is 2.40. The monoisotopic (exact) mass is 259 g/mol. The summed E-state index contributed by atoms with van der Waals surface area (Å²) in [6, 6.07) is 8.30. The number of para-hydroxylation sites is 2. The molecule has 0 saturated heterocycles. The predicted octanol–water partition coefficient (Wildman–Crippen LogP) is 2.18. The minimum absolute atomic E-state index is 0.718. The molecule has 4 nitrogen and oxygen atoms in total. The van der Waals surface area contributed by atoms with Crippen LogP contribution >= 0.6 is 0 Å². The Labute approximate surface area is 113 Å². The number of benzene rings is 1. The highest BCUT2D eigenvalue weighted by molar-refractivity contribution is 5.75. The van der Waals surface area contributed by atoms with Gasteiger partial charge in [0.2, 0.25) is 0 Å². The van der Waals surface area contributed by atoms with E-state index in [-0.39, 0.29) is 0 Å². The standard InChI is InChI=1S/C15H21N3O/c1-19-9-8-18-14-5-3-2-4-13(14)17-15(18)11-16-10-12-6-7-12/h2-5,12,16H,6-11H2,1H3. The van der Waals surface area contributed by atoms with Crippen molar-refractivity contribution in [1.29, 1.82) is 0 Å². The molecule has 0 spiro atoms. The molecule has 0 atom stereocenters. The Morgan fingerprint density at radius 1 is 1.37 bits per heavy atom. The third kappa shape index (κ3) is 2.96. The largest absolute Gasteiger partial charge is 0.383 e. The molecule has 0 amide bonds. The molecule has 4 heteroatoms. The first-order chi connectivity index (χ1) is 9.38. The molecule has 1 aromatic carbocycles. The maximum absolute atomic E-state index is 5.20. The lowest BCUT2D eigenvalue weighted by molar-refractivity contribution is 0.187. The zero-order chi connectivity index (χ0) is 13.1. The maximum Gasteiger partial charge on any atom is 0.123 e. The first-order valence-corrected chi connectivity index (χ1v) is 7.02. The van der Waals surface area contributed by atoms with Crippen LogP contribution in [0.5, 0.6) is 0 Å². The Kier molecular flexibility index (Phi) is 3.80. The number of rotatable bonds is 7. The Balaban J connectivity index is 1.78. The molecular formula is C15H21N3O. The van der Waals surface area contributed by atoms with E-state index in [4.69, 9.17) is 9.72 Å². The topological polar surface area (TPSA) is 39.1 Å². The van der Waals surface area contributed by atoms with Gasteiger partial charge in [-0.3, -0.25) is 0 Å². The summed E-state index contributed by atoms with van der Waals surface area (Å²) in [7, 11) is 1.74. The van der Waals surface area contributed by atoms with Crippen molar-refractivity contribution in [1.82, 2.24) is 14.9 Å². The average molecular weight is 259 g/mol. The van der Waals surface area contributed by atoms with Gasteiger partial charge in [0.1, 0.15) is 5.82 Å². The lowest BCUT2D eigenvalue weighted by Crippen LogP contribution is -2.20. The van der Waals surface area contributed by atoms with Gasteiger partial charge in [0.15, 0.2) is 0 Å². The highest BCUT2D eigenvalue weighted by atomic mass is 16.5. The second-order valence-electron chi connectivity index (χ2n) is 5.24. The van der Waals surface area contributed by atoms with Gasteiger partial charge >= 0.3 is 0 Å². The van der Waals surface area contributed by atoms with Gasteiger partial charge in [-0.2, -0.15) is 0 Å². The van der Waals surface area contributed by atoms with Crippen LogP contribution in [0.3, 0.4) is 0 Å². The first-order valence-electron chi connectivity index (χ1n) is 7.02. The van der Waals surface area contributed by atoms with E-state index >= 15 is 0 Å². The van der Waals surface area contributed by atoms with Crippen LogP contribution < -0.4 is 5.32 Å². The van der Waals surface area contributed by atoms with Crippen molar-refractivity contribution in [2.45, 2.75) is 25.9 Å². The number of aromatic nitrogens is 2. The predicted molar refractivity (Wildman–Crippen MR) is 76.0 cm³/mol. The lowest BCUT2D eigenvalue weighted by atomic mass is 10.3. The van der Waals surface area contributed by atoms with Crippen molar-refractivity contribution in [2.75, 3.05) is 20.3 Å². The third-order valence-electron chi connectivity index (χ3n) is 3.67. The zero-order valence-electron chi connectivity index (χ0n) is 11.4. The second-order valence-corrected chi connectivity index (χ2v) is 5.24. The molecule has 1 aromatic heterocycles. The summed E-state index contributed by atoms with van der Waals surface area (Å²) < 4.78 is 7.47. The van der Waals surface area contributed by atoms with Gasteiger partial charge < -0.3 is 14.6 Å². The van der Waals surface area contributed by atoms with Gasteiger partial charge in [-0.1, -0.05) is 12.1 Å². The van der Waals surface area contributed by atoms with E-state index in [2.05, 4.69) is 28.1 Å². The van der Waals surface area contributed by atoms with Gasteiger partial charge in [0.25, 0.3) is 0 Å². The van der Waals surface area contributed by atoms with Crippen LogP contribution in [0.1, 0.15) is 18.7 Å². The van der Waals surface area contributed by atoms with Crippen LogP contribution in [0.2, 0.25) is 0 Å². The van der Waals surface area contributed by atoms with Crippen LogP contribution in [0.4, 0.5) is 0 Å². The fourth-order valence-electron chi connectivity index (χ4n) is 2.40. The molecule has 2 aromatic rings. The minimum Gasteiger partial charge on any atom is -0.383 e. The van der Waals surface area contributed by atoms with E-state index in [0.717, 1.165) is 43.5 Å². The Morgan fingerprint density at radius 3 is 3.00 bits per heavy atom. The van der Waals surface area contributed by atoms with Crippen molar-refractivity contribution in [3.05, 3.63) is 30.1 Å². The van der Waals surface area contributed by atoms with E-state index in [1.165, 1.54) is 18.4 Å². The number of fused-ring (bicyclic) bond motifs is 1. The van der Waals surface area contributed by atoms with E-state index in [0.29, 0.717) is 0 Å². The second kappa shape index (κ2) is 5.72. The minimum atomic E-state index is 0.718. The van der Waals surface area contributed by atoms with Gasteiger partial charge in [-0.05, 0) is 37.4 Å². The molecule has 3 rings (SSSR count). The maximum atomic E-state index is 5.20. The van der Waals surface area contributed by atoms with E-state index < -0.39 is 0 Å². The molecule has 0 unspecified atom stereocenters. The Morgan fingerprint density at radius 2 is 2.21 bits per heavy atom. The number of hydrogen-bond donors (Lipinski definition) is 1. The zero-order valence-corrected chi connectivity index (χ0v) is 11.4. The molecule has 0 radical (unpaired) electrons. The summed E-state index contributed by atoms with van der Waals surface area (Å²) >= 11 is 0. The van der Waals surface area contributed by atoms with Crippen molar-refractivity contribution in [2.24, 2.45) is 5.92 Å². The molecule has 1 heterocycles. The summed E-state index contributed by atoms with van der Waals surface area (Å²) in [4.78, 5) is 4.73. The third-order valence-corrected chi connectivity index (χ3v) is 3.67. The molecule has 1 saturated carbocycles. The number of methoxy groups -OCH3 is 1. The molecule has 1 aliphatic carbocycles. The van der Waals surface area contributed by atoms with Crippen LogP contribution in [0.25, 0.3) is 11.0 Å². The van der Waals surface area contributed by atoms with Crippen LogP contribution in [-0.4, -0.2) is 29.8 Å². The van der Waals surface area contributed by atoms with E-state index in [1.807, 2.05) is 6.07 Å². The highest BCUT2D eigenvalue weighted by Gasteiger charge is 2.20. The molecular weight excluding hydrogens is 238 g/mol. The number of nitrogens with zero attached hydrogens (tertiary/aromatic N) is 2. The number of nitrogens with one attached hydrogen (secondary N) is 1. The van der Waals surface area contributed by atoms with Crippen molar-refractivity contribution >= 4 is 11.0 Å². The SMILES string of the molecule is COCCn1c(CNCC2CC2)nc2ccccc21. The molecule has 1 N–H and O–H groups in total. The quantitative estimate of drug-likeness (QED) is 0.828. The Hall–Kier alpha value is -1.39. The van der Waals surface area contributed by atoms with Crippen molar-refractivity contribution < 1.29 is 4.74 Å². The van der Waals surface area contributed by atoms with Gasteiger partial charge in [-0.15, -0.1) is 0 Å². The van der Waals surface area contributed by atoms with Crippen molar-refractivity contribution in [3.8, 4) is 0 Å². The van der Waals surface area contributed by atoms with Crippen LogP contribution in [-0.2, 0) is 17.8 Å². The smallest absolute Gasteiger partial charge is 0.123 e. The summed E-state index contributed by atoms with van der Waals surface area (Å²) in [6.07, 6.45) is 2.76. The molecule has 1 aliphatic rings. The highest BCUT2D eigenvalue weighted by Crippen LogP contribution is 2.27. The summed E-state index contributed by atoms with van der Waals surface area (Å²) in [5.41, 5.74) is 2.27. The Bertz CT molecular complexity index is 545. The fraction of sp³-hybridized carbons (Fsp3) is 0.533. The van der Waals surface area contributed by atoms with E-state index in [9.17, 15) is 0 Å². The summed E-state index contributed by atoms with van der Waals surface area (Å²) in [5, 5.41) is 3.52. The summed E-state index contributed by atoms with van der Waals surface area (Å²) in [5.74, 6) is 2.01. The molecule has 102 valence electrons. The first kappa shape index (κ1) is 12.6. The van der Waals surface area contributed by atoms with Crippen LogP contribution in [0, 0.1) is 5.92 Å². The van der Waals surface area contributed by atoms with Gasteiger partial charge in [-0.25, -0.2) is 4.98 Å². The lowest BCUT2D eigenvalue weighted by Gasteiger charge is -2.09. The van der Waals surface area contributed by atoms with Gasteiger partial charge in [0, 0.05) is 13.7 Å². The van der Waals surface area contributed by atoms with Crippen LogP contribution in [0.15, 0.2) is 24.3 Å². The number of hydrogen-bond acceptors (Lipinski definition) is 3.